The van der Waals surface area contributed by atoms with E-state index >= 15 is 0 Å². The standard InChI is InChI=1S/C5H14ClN5O/c1-8-5(9-2,10-3)4(12)11(6)7/h8-10H,7H2,1-3H3. The van der Waals surface area contributed by atoms with Crippen molar-refractivity contribution >= 4 is 17.7 Å². The largest absolute Gasteiger partial charge is 0.302 e. The maximum absolute atomic E-state index is 11.3. The van der Waals surface area contributed by atoms with Gasteiger partial charge < -0.3 is 0 Å². The number of nitrogens with one attached hydrogen (secondary N) is 3. The number of hydrogen-bond donors (Lipinski definition) is 4. The van der Waals surface area contributed by atoms with Crippen LogP contribution in [0.15, 0.2) is 0 Å². The highest BCUT2D eigenvalue weighted by atomic mass is 35.5. The van der Waals surface area contributed by atoms with Crippen LogP contribution in [-0.4, -0.2) is 37.4 Å². The monoisotopic (exact) mass is 195 g/mol. The van der Waals surface area contributed by atoms with Crippen LogP contribution in [0.3, 0.4) is 0 Å². The molecule has 7 heteroatoms. The van der Waals surface area contributed by atoms with E-state index in [0.29, 0.717) is 4.53 Å². The van der Waals surface area contributed by atoms with Crippen LogP contribution in [-0.2, 0) is 4.79 Å². The Kier molecular flexibility index (Phi) is 4.43. The van der Waals surface area contributed by atoms with E-state index in [1.165, 1.54) is 0 Å². The first-order chi connectivity index (χ1) is 5.54. The molecule has 0 saturated heterocycles. The van der Waals surface area contributed by atoms with Crippen molar-refractivity contribution in [3.05, 3.63) is 0 Å². The van der Waals surface area contributed by atoms with Crippen molar-refractivity contribution in [2.45, 2.75) is 5.79 Å². The third-order valence-corrected chi connectivity index (χ3v) is 1.79. The van der Waals surface area contributed by atoms with E-state index in [9.17, 15) is 4.79 Å². The molecular formula is C5H14ClN5O. The molecule has 0 aliphatic rings. The summed E-state index contributed by atoms with van der Waals surface area (Å²) in [5, 5.41) is 8.15. The smallest absolute Gasteiger partial charge is 0.282 e. The van der Waals surface area contributed by atoms with E-state index in [4.69, 9.17) is 17.6 Å². The van der Waals surface area contributed by atoms with Gasteiger partial charge >= 0.3 is 5.91 Å². The normalized spacial score (nSPS) is 11.4. The molecule has 1 amide bonds. The van der Waals surface area contributed by atoms with Crippen molar-refractivity contribution in [3.63, 3.8) is 0 Å². The maximum Gasteiger partial charge on any atom is 0.302 e. The van der Waals surface area contributed by atoms with Crippen LogP contribution in [0.1, 0.15) is 0 Å². The number of halogens is 1. The lowest BCUT2D eigenvalue weighted by Crippen LogP contribution is -2.71. The first-order valence-electron chi connectivity index (χ1n) is 3.35. The highest BCUT2D eigenvalue weighted by Crippen LogP contribution is 1.99. The topological polar surface area (TPSA) is 82.4 Å². The predicted molar refractivity (Wildman–Crippen MR) is 46.8 cm³/mol. The lowest BCUT2D eigenvalue weighted by molar-refractivity contribution is -0.136. The van der Waals surface area contributed by atoms with Crippen molar-refractivity contribution in [2.75, 3.05) is 21.1 Å². The zero-order valence-electron chi connectivity index (χ0n) is 7.31. The molecular weight excluding hydrogens is 182 g/mol. The number of nitrogens with zero attached hydrogens (tertiary/aromatic N) is 1. The molecule has 0 aromatic rings. The summed E-state index contributed by atoms with van der Waals surface area (Å²) in [6.45, 7) is 0. The summed E-state index contributed by atoms with van der Waals surface area (Å²) in [6.07, 6.45) is 0. The Balaban J connectivity index is 4.59. The first kappa shape index (κ1) is 11.6. The average Bonchev–Trinajstić information content (AvgIpc) is 2.08. The first-order valence-corrected chi connectivity index (χ1v) is 3.69. The average molecular weight is 196 g/mol. The summed E-state index contributed by atoms with van der Waals surface area (Å²) < 4.78 is 0.490. The Bertz CT molecular complexity index is 150. The van der Waals surface area contributed by atoms with Crippen LogP contribution < -0.4 is 21.8 Å². The minimum Gasteiger partial charge on any atom is -0.282 e. The molecule has 0 aromatic carbocycles. The van der Waals surface area contributed by atoms with E-state index in [-0.39, 0.29) is 0 Å². The molecule has 0 fully saturated rings. The van der Waals surface area contributed by atoms with Crippen molar-refractivity contribution in [2.24, 2.45) is 5.84 Å². The van der Waals surface area contributed by atoms with Gasteiger partial charge in [0.2, 0.25) is 5.79 Å². The Labute approximate surface area is 76.5 Å². The van der Waals surface area contributed by atoms with Gasteiger partial charge in [-0.05, 0) is 21.1 Å². The Morgan fingerprint density at radius 3 is 1.75 bits per heavy atom. The minimum atomic E-state index is -1.11. The van der Waals surface area contributed by atoms with Gasteiger partial charge in [0.15, 0.2) is 0 Å². The molecule has 0 bridgehead atoms. The number of carbonyl (C=O) groups is 1. The molecule has 0 heterocycles. The number of amides is 1. The molecule has 0 unspecified atom stereocenters. The quantitative estimate of drug-likeness (QED) is 0.139. The molecule has 6 nitrogen and oxygen atoms in total. The van der Waals surface area contributed by atoms with Gasteiger partial charge in [-0.15, -0.1) is 0 Å². The highest BCUT2D eigenvalue weighted by molar-refractivity contribution is 6.21. The number of hydrogen-bond acceptors (Lipinski definition) is 5. The minimum absolute atomic E-state index is 0.490. The van der Waals surface area contributed by atoms with Crippen LogP contribution in [0.25, 0.3) is 0 Å². The molecule has 12 heavy (non-hydrogen) atoms. The van der Waals surface area contributed by atoms with Crippen molar-refractivity contribution in [1.82, 2.24) is 20.5 Å². The number of rotatable bonds is 4. The van der Waals surface area contributed by atoms with Crippen LogP contribution >= 0.6 is 11.8 Å². The summed E-state index contributed by atoms with van der Waals surface area (Å²) >= 11 is 5.29. The molecule has 0 radical (unpaired) electrons. The van der Waals surface area contributed by atoms with Crippen molar-refractivity contribution in [3.8, 4) is 0 Å². The van der Waals surface area contributed by atoms with Crippen LogP contribution in [0.2, 0.25) is 0 Å². The SMILES string of the molecule is CNC(NC)(NC)C(=O)N(N)Cl. The third kappa shape index (κ3) is 2.05. The third-order valence-electron chi connectivity index (χ3n) is 1.64. The fourth-order valence-electron chi connectivity index (χ4n) is 0.856. The number of nitrogens with two attached hydrogens (primary N) is 1. The molecule has 0 atom stereocenters. The second kappa shape index (κ2) is 4.58. The van der Waals surface area contributed by atoms with E-state index in [1.807, 2.05) is 0 Å². The summed E-state index contributed by atoms with van der Waals surface area (Å²) in [6, 6.07) is 0. The van der Waals surface area contributed by atoms with E-state index in [0.717, 1.165) is 0 Å². The predicted octanol–water partition coefficient (Wildman–Crippen LogP) is -1.85. The van der Waals surface area contributed by atoms with Gasteiger partial charge in [0.05, 0.1) is 0 Å². The molecule has 0 aliphatic heterocycles. The summed E-state index contributed by atoms with van der Waals surface area (Å²) in [7, 11) is 4.81. The molecule has 0 spiro atoms. The Morgan fingerprint density at radius 1 is 1.33 bits per heavy atom. The zero-order valence-corrected chi connectivity index (χ0v) is 8.07. The van der Waals surface area contributed by atoms with Gasteiger partial charge in [0, 0.05) is 11.8 Å². The second-order valence-electron chi connectivity index (χ2n) is 2.12. The second-order valence-corrected chi connectivity index (χ2v) is 2.48. The summed E-state index contributed by atoms with van der Waals surface area (Å²) in [5.74, 6) is 3.45. The van der Waals surface area contributed by atoms with Gasteiger partial charge in [-0.2, -0.15) is 4.53 Å². The zero-order chi connectivity index (χ0) is 9.78. The lowest BCUT2D eigenvalue weighted by Gasteiger charge is -2.31. The van der Waals surface area contributed by atoms with Crippen LogP contribution in [0, 0.1) is 0 Å². The van der Waals surface area contributed by atoms with Gasteiger partial charge in [0.25, 0.3) is 0 Å². The van der Waals surface area contributed by atoms with Crippen molar-refractivity contribution < 1.29 is 4.79 Å². The molecule has 72 valence electrons. The number of carbonyl (C=O) groups excluding carboxylic acids is 1. The van der Waals surface area contributed by atoms with E-state index in [2.05, 4.69) is 16.0 Å². The van der Waals surface area contributed by atoms with E-state index < -0.39 is 11.7 Å². The molecule has 0 rings (SSSR count). The highest BCUT2D eigenvalue weighted by Gasteiger charge is 2.36. The summed E-state index contributed by atoms with van der Waals surface area (Å²) in [4.78, 5) is 11.3. The van der Waals surface area contributed by atoms with Crippen molar-refractivity contribution in [1.29, 1.82) is 0 Å². The van der Waals surface area contributed by atoms with Gasteiger partial charge in [-0.1, -0.05) is 0 Å². The molecule has 5 N–H and O–H groups in total. The van der Waals surface area contributed by atoms with Gasteiger partial charge in [0.1, 0.15) is 0 Å². The maximum atomic E-state index is 11.3. The van der Waals surface area contributed by atoms with E-state index in [1.54, 1.807) is 21.1 Å². The molecule has 0 aromatic heterocycles. The van der Waals surface area contributed by atoms with Gasteiger partial charge in [-0.25, -0.2) is 5.84 Å². The fraction of sp³-hybridized carbons (Fsp3) is 0.800. The number of likely N-dealkylation sites (N-methyl/N-ethyl adjacent to an activating group) is 3. The number of hydrazine groups is 1. The van der Waals surface area contributed by atoms with Gasteiger partial charge in [-0.3, -0.25) is 20.7 Å². The summed E-state index contributed by atoms with van der Waals surface area (Å²) in [5.41, 5.74) is 0. The Morgan fingerprint density at radius 2 is 1.67 bits per heavy atom. The lowest BCUT2D eigenvalue weighted by atomic mass is 10.3. The fourth-order valence-corrected chi connectivity index (χ4v) is 0.983. The van der Waals surface area contributed by atoms with Crippen LogP contribution in [0.4, 0.5) is 0 Å². The molecule has 0 saturated carbocycles. The molecule has 0 aliphatic carbocycles. The Hall–Kier alpha value is -0.400. The van der Waals surface area contributed by atoms with Crippen LogP contribution in [0.5, 0.6) is 0 Å².